The minimum absolute atomic E-state index is 0.122. The number of imide groups is 1. The molecule has 4 aliphatic heterocycles. The maximum absolute atomic E-state index is 13.1. The van der Waals surface area contributed by atoms with Gasteiger partial charge in [-0.15, -0.1) is 0 Å². The lowest BCUT2D eigenvalue weighted by molar-refractivity contribution is -0.145. The number of carbonyl (C=O) groups excluding carboxylic acids is 4. The van der Waals surface area contributed by atoms with Crippen molar-refractivity contribution in [3.05, 3.63) is 88.3 Å². The first-order valence-corrected chi connectivity index (χ1v) is 23.5. The van der Waals surface area contributed by atoms with E-state index in [1.165, 1.54) is 10.5 Å². The maximum Gasteiger partial charge on any atom is 0.329 e. The number of hydrogen-bond donors (Lipinski definition) is 2. The highest BCUT2D eigenvalue weighted by atomic mass is 35.5. The van der Waals surface area contributed by atoms with E-state index in [0.29, 0.717) is 52.5 Å². The van der Waals surface area contributed by atoms with Crippen LogP contribution in [0.1, 0.15) is 81.4 Å². The van der Waals surface area contributed by atoms with Crippen LogP contribution in [0.5, 0.6) is 5.75 Å². The Hall–Kier alpha value is -6.26. The third kappa shape index (κ3) is 8.52. The fourth-order valence-corrected chi connectivity index (χ4v) is 10.8. The lowest BCUT2D eigenvalue weighted by Crippen LogP contribution is -2.73. The molecule has 10 rings (SSSR count). The predicted molar refractivity (Wildman–Crippen MR) is 252 cm³/mol. The molecule has 0 radical (unpaired) electrons. The molecule has 2 N–H and O–H groups in total. The summed E-state index contributed by atoms with van der Waals surface area (Å²) < 4.78 is 8.03. The van der Waals surface area contributed by atoms with Gasteiger partial charge in [-0.05, 0) is 86.6 Å². The van der Waals surface area contributed by atoms with Crippen molar-refractivity contribution in [2.24, 2.45) is 12.5 Å². The van der Waals surface area contributed by atoms with E-state index in [9.17, 15) is 19.2 Å². The van der Waals surface area contributed by atoms with Crippen LogP contribution in [0.2, 0.25) is 10.0 Å². The highest BCUT2D eigenvalue weighted by Crippen LogP contribution is 2.42. The summed E-state index contributed by atoms with van der Waals surface area (Å²) in [4.78, 5) is 66.9. The first-order valence-electron chi connectivity index (χ1n) is 22.7. The molecule has 2 aromatic carbocycles. The smallest absolute Gasteiger partial charge is 0.329 e. The Morgan fingerprint density at radius 2 is 1.61 bits per heavy atom. The number of halogens is 2. The number of ether oxygens (including phenoxy) is 1. The molecular formula is C48H51Cl2N11O5. The summed E-state index contributed by atoms with van der Waals surface area (Å²) in [6, 6.07) is 15.6. The zero-order chi connectivity index (χ0) is 45.7. The zero-order valence-electron chi connectivity index (χ0n) is 36.9. The van der Waals surface area contributed by atoms with Crippen LogP contribution in [0.4, 0.5) is 16.4 Å². The van der Waals surface area contributed by atoms with E-state index >= 15 is 0 Å². The molecule has 4 aliphatic rings. The number of nitrogens with zero attached hydrogens (tertiary/aromatic N) is 9. The van der Waals surface area contributed by atoms with Gasteiger partial charge in [0, 0.05) is 118 Å². The Kier molecular flexibility index (Phi) is 11.8. The van der Waals surface area contributed by atoms with Gasteiger partial charge in [0.15, 0.2) is 5.82 Å². The standard InChI is InChI=1S/C48H51Cl2N11O5/c1-29(44-36(49)23-51-24-37(44)50)66-33-10-12-38-35(21-33)45(55-54-38)32-9-13-40(52-22-32)59-25-48(26-59)27-60(28-48)43(64)7-5-3-4-6-42(63)58-17-14-30(15-18-58)31-8-11-34-39(20-31)57(2)56-46(34)61-19-16-41(62)53-47(61)65/h8-13,20-24,29-30H,3-7,14-19,25-28H2,1-2H3,(H,54,55)(H,53,62,65)/t29-/m1/s1. The molecule has 342 valence electrons. The number of urea groups is 1. The first kappa shape index (κ1) is 43.6. The molecule has 5 amide bonds. The number of pyridine rings is 2. The summed E-state index contributed by atoms with van der Waals surface area (Å²) in [6.45, 7) is 6.91. The summed E-state index contributed by atoms with van der Waals surface area (Å²) in [5.41, 5.74) is 5.48. The molecule has 18 heteroatoms. The van der Waals surface area contributed by atoms with Crippen LogP contribution in [0, 0.1) is 5.41 Å². The number of fused-ring (bicyclic) bond motifs is 2. The number of amides is 5. The summed E-state index contributed by atoms with van der Waals surface area (Å²) >= 11 is 12.7. The molecule has 16 nitrogen and oxygen atoms in total. The Morgan fingerprint density at radius 1 is 0.864 bits per heavy atom. The van der Waals surface area contributed by atoms with Gasteiger partial charge in [-0.25, -0.2) is 9.78 Å². The fraction of sp³-hybridized carbons (Fsp3) is 0.417. The van der Waals surface area contributed by atoms with Crippen LogP contribution in [-0.4, -0.2) is 109 Å². The second-order valence-electron chi connectivity index (χ2n) is 18.3. The number of piperidine rings is 1. The quantitative estimate of drug-likeness (QED) is 0.109. The highest BCUT2D eigenvalue weighted by molar-refractivity contribution is 6.35. The van der Waals surface area contributed by atoms with Crippen molar-refractivity contribution in [2.45, 2.75) is 70.3 Å². The van der Waals surface area contributed by atoms with Gasteiger partial charge in [0.05, 0.1) is 21.1 Å². The number of hydrogen-bond acceptors (Lipinski definition) is 10. The second-order valence-corrected chi connectivity index (χ2v) is 19.1. The third-order valence-corrected chi connectivity index (χ3v) is 14.3. The van der Waals surface area contributed by atoms with Crippen molar-refractivity contribution in [3.63, 3.8) is 0 Å². The minimum Gasteiger partial charge on any atom is -0.486 e. The lowest BCUT2D eigenvalue weighted by Gasteiger charge is -2.60. The predicted octanol–water partition coefficient (Wildman–Crippen LogP) is 7.81. The van der Waals surface area contributed by atoms with Crippen molar-refractivity contribution < 1.29 is 23.9 Å². The summed E-state index contributed by atoms with van der Waals surface area (Å²) in [7, 11) is 1.86. The molecule has 4 aromatic heterocycles. The number of rotatable bonds is 13. The van der Waals surface area contributed by atoms with Crippen molar-refractivity contribution in [1.29, 1.82) is 0 Å². The molecule has 1 spiro atoms. The molecule has 6 aromatic rings. The second kappa shape index (κ2) is 17.9. The Balaban J connectivity index is 0.630. The van der Waals surface area contributed by atoms with E-state index in [1.807, 2.05) is 66.4 Å². The number of aryl methyl sites for hydroxylation is 1. The SMILES string of the molecule is C[C@@H](Oc1ccc2[nH]nc(-c3ccc(N4CC5(CN(C(=O)CCCCCC(=O)N6CCC(c7ccc8c(N9CCC(=O)NC9=O)nn(C)c8c7)CC6)C5)C4)nc3)c2c1)c1c(Cl)cncc1Cl. The van der Waals surface area contributed by atoms with Gasteiger partial charge in [0.2, 0.25) is 17.7 Å². The van der Waals surface area contributed by atoms with Crippen LogP contribution < -0.4 is 19.9 Å². The van der Waals surface area contributed by atoms with E-state index in [1.54, 1.807) is 17.1 Å². The largest absolute Gasteiger partial charge is 0.486 e. The van der Waals surface area contributed by atoms with Crippen LogP contribution >= 0.6 is 23.2 Å². The summed E-state index contributed by atoms with van der Waals surface area (Å²) in [5.74, 6) is 2.55. The Morgan fingerprint density at radius 3 is 2.32 bits per heavy atom. The average Bonchev–Trinajstić information content (AvgIpc) is 3.85. The normalized spacial score (nSPS) is 17.9. The minimum atomic E-state index is -0.446. The summed E-state index contributed by atoms with van der Waals surface area (Å²) in [5, 5.41) is 17.4. The molecule has 66 heavy (non-hydrogen) atoms. The number of benzene rings is 2. The molecule has 0 saturated carbocycles. The number of nitrogens with one attached hydrogen (secondary N) is 2. The maximum atomic E-state index is 13.1. The van der Waals surface area contributed by atoms with Crippen molar-refractivity contribution in [3.8, 4) is 17.0 Å². The highest BCUT2D eigenvalue weighted by Gasteiger charge is 2.53. The van der Waals surface area contributed by atoms with Gasteiger partial charge in [-0.1, -0.05) is 35.7 Å². The van der Waals surface area contributed by atoms with Gasteiger partial charge >= 0.3 is 6.03 Å². The van der Waals surface area contributed by atoms with Gasteiger partial charge in [0.1, 0.15) is 23.4 Å². The number of likely N-dealkylation sites (tertiary alicyclic amines) is 2. The van der Waals surface area contributed by atoms with Gasteiger partial charge < -0.3 is 19.4 Å². The van der Waals surface area contributed by atoms with Crippen molar-refractivity contribution in [1.82, 2.24) is 45.1 Å². The van der Waals surface area contributed by atoms with Crippen LogP contribution in [0.3, 0.4) is 0 Å². The number of H-pyrrole nitrogens is 1. The van der Waals surface area contributed by atoms with E-state index in [-0.39, 0.29) is 29.6 Å². The topological polar surface area (TPSA) is 175 Å². The Labute approximate surface area is 391 Å². The lowest BCUT2D eigenvalue weighted by atomic mass is 9.72. The summed E-state index contributed by atoms with van der Waals surface area (Å²) in [6.07, 6.45) is 10.0. The van der Waals surface area contributed by atoms with E-state index in [4.69, 9.17) is 32.9 Å². The van der Waals surface area contributed by atoms with Crippen molar-refractivity contribution in [2.75, 3.05) is 55.6 Å². The third-order valence-electron chi connectivity index (χ3n) is 13.7. The number of aromatic nitrogens is 6. The van der Waals surface area contributed by atoms with Gasteiger partial charge in [0.25, 0.3) is 0 Å². The van der Waals surface area contributed by atoms with Crippen LogP contribution in [-0.2, 0) is 21.4 Å². The molecule has 0 unspecified atom stereocenters. The van der Waals surface area contributed by atoms with Crippen LogP contribution in [0.25, 0.3) is 33.1 Å². The molecule has 0 aliphatic carbocycles. The number of carbonyl (C=O) groups is 4. The molecule has 1 atom stereocenters. The number of anilines is 2. The van der Waals surface area contributed by atoms with E-state index < -0.39 is 12.1 Å². The first-order chi connectivity index (χ1) is 31.9. The van der Waals surface area contributed by atoms with Gasteiger partial charge in [-0.3, -0.25) is 39.4 Å². The molecular weight excluding hydrogens is 882 g/mol. The fourth-order valence-electron chi connectivity index (χ4n) is 10.1. The van der Waals surface area contributed by atoms with Crippen molar-refractivity contribution >= 4 is 80.4 Å². The van der Waals surface area contributed by atoms with E-state index in [0.717, 1.165) is 110 Å². The number of aromatic amines is 1. The zero-order valence-corrected chi connectivity index (χ0v) is 38.4. The number of unbranched alkanes of at least 4 members (excludes halogenated alkanes) is 2. The average molecular weight is 933 g/mol. The van der Waals surface area contributed by atoms with Crippen LogP contribution in [0.15, 0.2) is 67.1 Å². The van der Waals surface area contributed by atoms with Gasteiger partial charge in [-0.2, -0.15) is 10.2 Å². The van der Waals surface area contributed by atoms with E-state index in [2.05, 4.69) is 42.6 Å². The molecule has 4 fully saturated rings. The molecule has 8 heterocycles. The molecule has 0 bridgehead atoms. The monoisotopic (exact) mass is 931 g/mol. The Bertz CT molecular complexity index is 2820. The molecule has 4 saturated heterocycles.